The first-order chi connectivity index (χ1) is 7.79. The third-order valence-corrected chi connectivity index (χ3v) is 2.97. The second-order valence-corrected chi connectivity index (χ2v) is 3.97. The summed E-state index contributed by atoms with van der Waals surface area (Å²) in [4.78, 5) is 14.6. The van der Waals surface area contributed by atoms with Gasteiger partial charge in [0, 0.05) is 12.5 Å². The molecular formula is C11H13N3O2. The van der Waals surface area contributed by atoms with Crippen LogP contribution in [0.2, 0.25) is 0 Å². The Bertz CT molecular complexity index is 597. The molecule has 0 aliphatic carbocycles. The highest BCUT2D eigenvalue weighted by atomic mass is 16.5. The zero-order valence-electron chi connectivity index (χ0n) is 9.12. The zero-order chi connectivity index (χ0) is 11.1. The Kier molecular flexibility index (Phi) is 2.07. The van der Waals surface area contributed by atoms with Gasteiger partial charge >= 0.3 is 0 Å². The van der Waals surface area contributed by atoms with Gasteiger partial charge in [-0.05, 0) is 6.42 Å². The number of fused-ring (bicyclic) bond motifs is 3. The lowest BCUT2D eigenvalue weighted by Gasteiger charge is -2.15. The minimum Gasteiger partial charge on any atom is -0.376 e. The third kappa shape index (κ3) is 1.28. The van der Waals surface area contributed by atoms with Gasteiger partial charge in [-0.1, -0.05) is 6.92 Å². The van der Waals surface area contributed by atoms with Crippen LogP contribution in [0.1, 0.15) is 23.9 Å². The van der Waals surface area contributed by atoms with Crippen molar-refractivity contribution in [1.82, 2.24) is 14.6 Å². The minimum atomic E-state index is -0.0512. The molecule has 2 aromatic rings. The highest BCUT2D eigenvalue weighted by molar-refractivity contribution is 5.42. The number of aromatic amines is 1. The molecule has 0 saturated heterocycles. The Morgan fingerprint density at radius 3 is 3.31 bits per heavy atom. The van der Waals surface area contributed by atoms with Gasteiger partial charge in [0.25, 0.3) is 5.56 Å². The van der Waals surface area contributed by atoms with Gasteiger partial charge < -0.3 is 9.72 Å². The lowest BCUT2D eigenvalue weighted by atomic mass is 10.1. The van der Waals surface area contributed by atoms with Crippen LogP contribution >= 0.6 is 0 Å². The Morgan fingerprint density at radius 1 is 1.62 bits per heavy atom. The number of hydrogen-bond acceptors (Lipinski definition) is 3. The van der Waals surface area contributed by atoms with Gasteiger partial charge in [0.2, 0.25) is 0 Å². The van der Waals surface area contributed by atoms with Gasteiger partial charge in [0.1, 0.15) is 5.65 Å². The van der Waals surface area contributed by atoms with Crippen LogP contribution < -0.4 is 5.56 Å². The summed E-state index contributed by atoms with van der Waals surface area (Å²) in [7, 11) is 0. The molecule has 1 aliphatic rings. The molecule has 1 N–H and O–H groups in total. The minimum absolute atomic E-state index is 0.0512. The summed E-state index contributed by atoms with van der Waals surface area (Å²) in [5.41, 5.74) is 3.43. The van der Waals surface area contributed by atoms with Gasteiger partial charge in [-0.2, -0.15) is 5.10 Å². The summed E-state index contributed by atoms with van der Waals surface area (Å²) in [5, 5.41) is 4.48. The molecule has 0 spiro atoms. The number of aryl methyl sites for hydroxylation is 1. The van der Waals surface area contributed by atoms with E-state index in [-0.39, 0.29) is 5.56 Å². The first-order valence-electron chi connectivity index (χ1n) is 5.50. The van der Waals surface area contributed by atoms with Crippen molar-refractivity contribution in [3.05, 3.63) is 33.4 Å². The van der Waals surface area contributed by atoms with E-state index in [1.54, 1.807) is 0 Å². The lowest BCUT2D eigenvalue weighted by Crippen LogP contribution is -2.25. The number of rotatable bonds is 1. The predicted molar refractivity (Wildman–Crippen MR) is 58.6 cm³/mol. The molecule has 16 heavy (non-hydrogen) atoms. The van der Waals surface area contributed by atoms with Crippen LogP contribution in [0.3, 0.4) is 0 Å². The van der Waals surface area contributed by atoms with Crippen molar-refractivity contribution in [2.75, 3.05) is 6.61 Å². The molecule has 0 saturated carbocycles. The monoisotopic (exact) mass is 219 g/mol. The molecule has 0 aromatic carbocycles. The van der Waals surface area contributed by atoms with Crippen LogP contribution in [0.25, 0.3) is 5.65 Å². The largest absolute Gasteiger partial charge is 0.376 e. The van der Waals surface area contributed by atoms with Crippen LogP contribution in [0.15, 0.2) is 10.9 Å². The molecule has 0 fully saturated rings. The van der Waals surface area contributed by atoms with E-state index in [4.69, 9.17) is 4.74 Å². The SMILES string of the molecule is CCc1cc2[nH]c(=O)c3c(n2n1)CCOC3. The van der Waals surface area contributed by atoms with E-state index in [2.05, 4.69) is 17.0 Å². The molecule has 0 bridgehead atoms. The molecule has 5 heteroatoms. The number of aromatic nitrogens is 3. The average molecular weight is 219 g/mol. The number of ether oxygens (including phenoxy) is 1. The smallest absolute Gasteiger partial charge is 0.256 e. The molecule has 84 valence electrons. The van der Waals surface area contributed by atoms with E-state index in [0.29, 0.717) is 18.8 Å². The second-order valence-electron chi connectivity index (χ2n) is 3.97. The summed E-state index contributed by atoms with van der Waals surface area (Å²) < 4.78 is 7.14. The Hall–Kier alpha value is -1.62. The van der Waals surface area contributed by atoms with E-state index in [1.807, 2.05) is 10.6 Å². The molecule has 5 nitrogen and oxygen atoms in total. The fourth-order valence-electron chi connectivity index (χ4n) is 2.10. The van der Waals surface area contributed by atoms with Crippen molar-refractivity contribution in [2.24, 2.45) is 0 Å². The van der Waals surface area contributed by atoms with Crippen molar-refractivity contribution in [3.63, 3.8) is 0 Å². The fourth-order valence-corrected chi connectivity index (χ4v) is 2.10. The number of nitrogens with one attached hydrogen (secondary N) is 1. The van der Waals surface area contributed by atoms with Crippen LogP contribution in [-0.2, 0) is 24.2 Å². The maximum Gasteiger partial charge on any atom is 0.256 e. The third-order valence-electron chi connectivity index (χ3n) is 2.97. The van der Waals surface area contributed by atoms with Gasteiger partial charge in [0.05, 0.1) is 30.2 Å². The standard InChI is InChI=1S/C11H13N3O2/c1-2-7-5-10-12-11(15)8-6-16-4-3-9(8)14(10)13-7/h5H,2-4,6H2,1H3,(H,12,15). The second kappa shape index (κ2) is 3.45. The normalized spacial score (nSPS) is 15.3. The van der Waals surface area contributed by atoms with Crippen molar-refractivity contribution in [1.29, 1.82) is 0 Å². The molecule has 3 rings (SSSR count). The number of H-pyrrole nitrogens is 1. The van der Waals surface area contributed by atoms with Crippen molar-refractivity contribution in [2.45, 2.75) is 26.4 Å². The van der Waals surface area contributed by atoms with Crippen LogP contribution in [0.5, 0.6) is 0 Å². The van der Waals surface area contributed by atoms with Crippen molar-refractivity contribution < 1.29 is 4.74 Å². The Balaban J connectivity index is 2.35. The predicted octanol–water partition coefficient (Wildman–Crippen LogP) is 0.658. The molecule has 1 aliphatic heterocycles. The summed E-state index contributed by atoms with van der Waals surface area (Å²) in [6.45, 7) is 3.10. The summed E-state index contributed by atoms with van der Waals surface area (Å²) >= 11 is 0. The van der Waals surface area contributed by atoms with E-state index in [9.17, 15) is 4.79 Å². The summed E-state index contributed by atoms with van der Waals surface area (Å²) in [6.07, 6.45) is 1.62. The van der Waals surface area contributed by atoms with Gasteiger partial charge in [-0.15, -0.1) is 0 Å². The van der Waals surface area contributed by atoms with E-state index < -0.39 is 0 Å². The van der Waals surface area contributed by atoms with Crippen LogP contribution in [0.4, 0.5) is 0 Å². The first-order valence-corrected chi connectivity index (χ1v) is 5.50. The molecule has 0 atom stereocenters. The summed E-state index contributed by atoms with van der Waals surface area (Å²) in [5.74, 6) is 0. The van der Waals surface area contributed by atoms with Gasteiger partial charge in [-0.3, -0.25) is 4.79 Å². The topological polar surface area (TPSA) is 59.4 Å². The molecule has 0 radical (unpaired) electrons. The molecular weight excluding hydrogens is 206 g/mol. The van der Waals surface area contributed by atoms with E-state index >= 15 is 0 Å². The Labute approximate surface area is 92.1 Å². The van der Waals surface area contributed by atoms with E-state index in [1.165, 1.54) is 0 Å². The zero-order valence-corrected chi connectivity index (χ0v) is 9.12. The number of hydrogen-bond donors (Lipinski definition) is 1. The highest BCUT2D eigenvalue weighted by Gasteiger charge is 2.18. The van der Waals surface area contributed by atoms with Crippen molar-refractivity contribution in [3.8, 4) is 0 Å². The highest BCUT2D eigenvalue weighted by Crippen LogP contribution is 2.14. The fraction of sp³-hybridized carbons (Fsp3) is 0.455. The molecule has 0 amide bonds. The molecule has 0 unspecified atom stereocenters. The Morgan fingerprint density at radius 2 is 2.50 bits per heavy atom. The average Bonchev–Trinajstić information content (AvgIpc) is 2.72. The van der Waals surface area contributed by atoms with Crippen LogP contribution in [-0.4, -0.2) is 21.2 Å². The van der Waals surface area contributed by atoms with Crippen LogP contribution in [0, 0.1) is 0 Å². The maximum atomic E-state index is 11.8. The van der Waals surface area contributed by atoms with E-state index in [0.717, 1.165) is 29.9 Å². The quantitative estimate of drug-likeness (QED) is 0.766. The summed E-state index contributed by atoms with van der Waals surface area (Å²) in [6, 6.07) is 1.93. The number of nitrogens with zero attached hydrogens (tertiary/aromatic N) is 2. The van der Waals surface area contributed by atoms with Gasteiger partial charge in [0.15, 0.2) is 0 Å². The van der Waals surface area contributed by atoms with Crippen molar-refractivity contribution >= 4 is 5.65 Å². The maximum absolute atomic E-state index is 11.8. The molecule has 2 aromatic heterocycles. The molecule has 3 heterocycles. The lowest BCUT2D eigenvalue weighted by molar-refractivity contribution is 0.107. The first kappa shape index (κ1) is 9.59. The van der Waals surface area contributed by atoms with Gasteiger partial charge in [-0.25, -0.2) is 4.52 Å².